The Labute approximate surface area is 367 Å². The first-order valence-corrected chi connectivity index (χ1v) is 21.2. The molecule has 0 aliphatic carbocycles. The number of imidazole rings is 1. The Morgan fingerprint density at radius 2 is 1.53 bits per heavy atom. The van der Waals surface area contributed by atoms with Gasteiger partial charge in [0.2, 0.25) is 11.9 Å². The molecule has 3 aliphatic rings. The van der Waals surface area contributed by atoms with Crippen LogP contribution >= 0.6 is 0 Å². The van der Waals surface area contributed by atoms with E-state index in [4.69, 9.17) is 23.7 Å². The zero-order valence-electron chi connectivity index (χ0n) is 34.8. The van der Waals surface area contributed by atoms with Crippen LogP contribution in [0.4, 0.5) is 16.0 Å². The maximum absolute atomic E-state index is 14.9. The number of amides is 1. The van der Waals surface area contributed by atoms with E-state index < -0.39 is 47.4 Å². The number of nitrogens with one attached hydrogen (secondary N) is 2. The number of hydrogen-bond donors (Lipinski definition) is 3. The summed E-state index contributed by atoms with van der Waals surface area (Å²) in [4.78, 5) is 40.2. The fourth-order valence-electron chi connectivity index (χ4n) is 9.14. The molecule has 326 valence electrons. The molecule has 7 aromatic rings. The second kappa shape index (κ2) is 17.1. The summed E-state index contributed by atoms with van der Waals surface area (Å²) in [6, 6.07) is 41.0. The lowest BCUT2D eigenvalue weighted by Crippen LogP contribution is -2.52. The minimum Gasteiger partial charge on any atom is -0.457 e. The van der Waals surface area contributed by atoms with Crippen LogP contribution in [0.5, 0.6) is 11.5 Å². The summed E-state index contributed by atoms with van der Waals surface area (Å²) >= 11 is 0. The molecular formula is C49H45FN6O8. The van der Waals surface area contributed by atoms with Gasteiger partial charge in [-0.05, 0) is 35.4 Å². The number of piperidine rings is 1. The summed E-state index contributed by atoms with van der Waals surface area (Å²) < 4.78 is 49.8. The number of nitrogens with zero attached hydrogens (tertiary/aromatic N) is 4. The molecule has 3 aliphatic heterocycles. The number of hydrogen-bond acceptors (Lipinski definition) is 11. The highest BCUT2D eigenvalue weighted by molar-refractivity contribution is 5.91. The second-order valence-corrected chi connectivity index (χ2v) is 16.1. The van der Waals surface area contributed by atoms with Gasteiger partial charge in [-0.1, -0.05) is 109 Å². The largest absolute Gasteiger partial charge is 0.457 e. The fourth-order valence-corrected chi connectivity index (χ4v) is 9.14. The molecule has 3 N–H and O–H groups in total. The molecule has 1 amide bonds. The maximum Gasteiger partial charge on any atom is 0.280 e. The average molecular weight is 865 g/mol. The number of fused-ring (bicyclic) bond motifs is 3. The molecule has 2 fully saturated rings. The van der Waals surface area contributed by atoms with Gasteiger partial charge in [-0.2, -0.15) is 4.98 Å². The van der Waals surface area contributed by atoms with Gasteiger partial charge in [-0.15, -0.1) is 0 Å². The third kappa shape index (κ3) is 7.50. The summed E-state index contributed by atoms with van der Waals surface area (Å²) in [7, 11) is 1.54. The molecule has 15 heteroatoms. The van der Waals surface area contributed by atoms with E-state index in [1.807, 2.05) is 114 Å². The van der Waals surface area contributed by atoms with E-state index >= 15 is 0 Å². The lowest BCUT2D eigenvalue weighted by molar-refractivity contribution is -0.275. The van der Waals surface area contributed by atoms with Crippen LogP contribution in [0.25, 0.3) is 11.2 Å². The van der Waals surface area contributed by atoms with Gasteiger partial charge in [0.1, 0.15) is 35.6 Å². The van der Waals surface area contributed by atoms with Crippen molar-refractivity contribution >= 4 is 28.7 Å². The van der Waals surface area contributed by atoms with Crippen LogP contribution in [0.15, 0.2) is 145 Å². The first kappa shape index (κ1) is 41.3. The Hall–Kier alpha value is -6.75. The molecule has 5 aromatic carbocycles. The van der Waals surface area contributed by atoms with Crippen LogP contribution in [-0.2, 0) is 35.8 Å². The third-order valence-corrected chi connectivity index (χ3v) is 12.3. The topological polar surface area (TPSA) is 162 Å². The van der Waals surface area contributed by atoms with Gasteiger partial charge in [0.15, 0.2) is 28.8 Å². The zero-order chi connectivity index (χ0) is 43.8. The predicted molar refractivity (Wildman–Crippen MR) is 235 cm³/mol. The minimum absolute atomic E-state index is 0.0179. The number of halogens is 1. The second-order valence-electron chi connectivity index (χ2n) is 16.1. The molecular weight excluding hydrogens is 820 g/mol. The summed E-state index contributed by atoms with van der Waals surface area (Å²) in [6.45, 7) is 0.651. The van der Waals surface area contributed by atoms with Crippen LogP contribution in [-0.4, -0.2) is 81.4 Å². The molecule has 64 heavy (non-hydrogen) atoms. The number of rotatable bonds is 12. The lowest BCUT2D eigenvalue weighted by atomic mass is 9.77. The van der Waals surface area contributed by atoms with Crippen molar-refractivity contribution in [1.29, 1.82) is 0 Å². The fraction of sp³-hybridized carbons (Fsp3) is 0.265. The van der Waals surface area contributed by atoms with Crippen molar-refractivity contribution in [3.8, 4) is 11.5 Å². The number of methoxy groups -OCH3 is 1. The lowest BCUT2D eigenvalue weighted by Gasteiger charge is -2.43. The molecule has 14 nitrogen and oxygen atoms in total. The molecule has 10 rings (SSSR count). The van der Waals surface area contributed by atoms with Crippen molar-refractivity contribution in [3.05, 3.63) is 178 Å². The highest BCUT2D eigenvalue weighted by Crippen LogP contribution is 2.53. The number of ether oxygens (including phenoxy) is 5. The number of aromatic amines is 1. The first-order chi connectivity index (χ1) is 31.2. The maximum atomic E-state index is 14.9. The summed E-state index contributed by atoms with van der Waals surface area (Å²) in [5.74, 6) is -0.803. The highest BCUT2D eigenvalue weighted by Gasteiger charge is 2.53. The summed E-state index contributed by atoms with van der Waals surface area (Å²) in [5, 5.41) is 15.2. The third-order valence-electron chi connectivity index (χ3n) is 12.3. The molecule has 4 atom stereocenters. The van der Waals surface area contributed by atoms with Crippen LogP contribution in [0.1, 0.15) is 41.3 Å². The van der Waals surface area contributed by atoms with Gasteiger partial charge in [-0.3, -0.25) is 24.5 Å². The van der Waals surface area contributed by atoms with Crippen molar-refractivity contribution in [2.75, 3.05) is 37.0 Å². The van der Waals surface area contributed by atoms with Crippen LogP contribution in [0.2, 0.25) is 0 Å². The van der Waals surface area contributed by atoms with Crippen LogP contribution in [0.3, 0.4) is 0 Å². The van der Waals surface area contributed by atoms with Crippen molar-refractivity contribution < 1.29 is 38.0 Å². The zero-order valence-corrected chi connectivity index (χ0v) is 34.8. The molecule has 0 radical (unpaired) electrons. The van der Waals surface area contributed by atoms with E-state index in [-0.39, 0.29) is 36.0 Å². The number of para-hydroxylation sites is 3. The standard InChI is InChI=1S/C49H45FN6O8/c1-60-48(24-26-55(27-25-48)36-21-11-10-20-35(36)50)64-43-42(58)39(29-61-49(32-16-6-3-7-17-32)33-18-8-12-22-37(33)62-38-23-13-9-19-34(38)49)63-46(43)56-30-51-41-44(56)53-47(54-45(41)59)52-40(57)28-31-14-4-2-5-15-31/h2-23,30,39,42-43,46,58H,24-29H2,1H3,(H2,52,53,54,57,59)/t39-,42-,43-,46-/m1/s1. The Balaban J connectivity index is 1.01. The summed E-state index contributed by atoms with van der Waals surface area (Å²) in [5.41, 5.74) is 1.90. The van der Waals surface area contributed by atoms with Crippen molar-refractivity contribution in [1.82, 2.24) is 19.5 Å². The molecule has 2 saturated heterocycles. The predicted octanol–water partition coefficient (Wildman–Crippen LogP) is 6.84. The van der Waals surface area contributed by atoms with E-state index in [0.29, 0.717) is 43.1 Å². The minimum atomic E-state index is -1.33. The van der Waals surface area contributed by atoms with E-state index in [2.05, 4.69) is 20.3 Å². The molecule has 0 bridgehead atoms. The first-order valence-electron chi connectivity index (χ1n) is 21.2. The molecule has 0 unspecified atom stereocenters. The van der Waals surface area contributed by atoms with Gasteiger partial charge in [0, 0.05) is 44.2 Å². The Morgan fingerprint density at radius 1 is 0.891 bits per heavy atom. The van der Waals surface area contributed by atoms with Crippen molar-refractivity contribution in [2.45, 2.75) is 55.2 Å². The van der Waals surface area contributed by atoms with E-state index in [1.165, 1.54) is 24.1 Å². The highest BCUT2D eigenvalue weighted by atomic mass is 19.1. The number of benzene rings is 5. The van der Waals surface area contributed by atoms with Crippen molar-refractivity contribution in [3.63, 3.8) is 0 Å². The van der Waals surface area contributed by atoms with Gasteiger partial charge < -0.3 is 33.7 Å². The SMILES string of the molecule is COC1(O[C@@H]2[C@H](O)[C@@H](COC3(c4ccccc4)c4ccccc4Oc4ccccc43)O[C@H]2n2cnc3c(=O)[nH]c(NC(=O)Cc4ccccc4)nc32)CCN(c2ccccc2F)CC1. The Morgan fingerprint density at radius 3 is 2.22 bits per heavy atom. The Bertz CT molecular complexity index is 2800. The number of carbonyl (C=O) groups is 1. The van der Waals surface area contributed by atoms with Gasteiger partial charge >= 0.3 is 0 Å². The normalized spacial score (nSPS) is 20.9. The number of anilines is 2. The number of carbonyl (C=O) groups excluding carboxylic acids is 1. The van der Waals surface area contributed by atoms with Gasteiger partial charge in [-0.25, -0.2) is 9.37 Å². The quantitative estimate of drug-likeness (QED) is 0.110. The smallest absolute Gasteiger partial charge is 0.280 e. The molecule has 5 heterocycles. The van der Waals surface area contributed by atoms with Crippen LogP contribution < -0.4 is 20.5 Å². The van der Waals surface area contributed by atoms with E-state index in [0.717, 1.165) is 22.3 Å². The number of aliphatic hydroxyl groups excluding tert-OH is 1. The van der Waals surface area contributed by atoms with E-state index in [9.17, 15) is 19.1 Å². The van der Waals surface area contributed by atoms with Gasteiger partial charge in [0.05, 0.1) is 25.0 Å². The average Bonchev–Trinajstić information content (AvgIpc) is 3.88. The number of aromatic nitrogens is 4. The van der Waals surface area contributed by atoms with E-state index in [1.54, 1.807) is 18.2 Å². The molecule has 0 spiro atoms. The monoisotopic (exact) mass is 864 g/mol. The number of aliphatic hydroxyl groups is 1. The van der Waals surface area contributed by atoms with Crippen LogP contribution in [0, 0.1) is 5.82 Å². The number of H-pyrrole nitrogens is 1. The van der Waals surface area contributed by atoms with Crippen molar-refractivity contribution in [2.24, 2.45) is 0 Å². The summed E-state index contributed by atoms with van der Waals surface area (Å²) in [6.07, 6.45) is -2.52. The Kier molecular flexibility index (Phi) is 11.0. The molecule has 2 aromatic heterocycles. The van der Waals surface area contributed by atoms with Gasteiger partial charge in [0.25, 0.3) is 5.56 Å². The molecule has 0 saturated carbocycles.